The second-order valence-electron chi connectivity index (χ2n) is 4.66. The van der Waals surface area contributed by atoms with Crippen LogP contribution < -0.4 is 9.88 Å². The van der Waals surface area contributed by atoms with Crippen LogP contribution in [0.25, 0.3) is 0 Å². The Morgan fingerprint density at radius 1 is 1.33 bits per heavy atom. The lowest BCUT2D eigenvalue weighted by Gasteiger charge is -2.19. The van der Waals surface area contributed by atoms with Gasteiger partial charge in [-0.1, -0.05) is 0 Å². The molecule has 1 aromatic heterocycles. The molecule has 1 rings (SSSR count). The Hall–Kier alpha value is -1.18. The Bertz CT molecular complexity index is 494. The van der Waals surface area contributed by atoms with Gasteiger partial charge in [-0.05, 0) is 32.9 Å². The molecule has 0 unspecified atom stereocenters. The highest BCUT2D eigenvalue weighted by Crippen LogP contribution is 2.18. The molecule has 7 heteroatoms. The molecule has 0 spiro atoms. The molecule has 0 saturated carbocycles. The van der Waals surface area contributed by atoms with Crippen molar-refractivity contribution in [2.24, 2.45) is 5.14 Å². The number of nitrogens with two attached hydrogens (primary N) is 1. The van der Waals surface area contributed by atoms with Crippen molar-refractivity contribution in [2.45, 2.75) is 31.3 Å². The topological polar surface area (TPSA) is 91.5 Å². The maximum Gasteiger partial charge on any atom is 0.243 e. The third-order valence-corrected chi connectivity index (χ3v) is 2.82. The molecule has 6 nitrogen and oxygen atoms in total. The van der Waals surface area contributed by atoms with E-state index >= 15 is 0 Å². The number of primary sulfonamides is 1. The number of hydrogen-bond donors (Lipinski definition) is 1. The Morgan fingerprint density at radius 2 is 2.00 bits per heavy atom. The van der Waals surface area contributed by atoms with E-state index < -0.39 is 10.0 Å². The van der Waals surface area contributed by atoms with Crippen molar-refractivity contribution in [1.29, 1.82) is 0 Å². The smallest absolute Gasteiger partial charge is 0.243 e. The van der Waals surface area contributed by atoms with Gasteiger partial charge in [0.2, 0.25) is 15.9 Å². The zero-order valence-corrected chi connectivity index (χ0v) is 11.5. The average Bonchev–Trinajstić information content (AvgIpc) is 2.22. The van der Waals surface area contributed by atoms with E-state index in [0.717, 1.165) is 0 Å². The van der Waals surface area contributed by atoms with Gasteiger partial charge in [-0.25, -0.2) is 18.5 Å². The Morgan fingerprint density at radius 3 is 2.56 bits per heavy atom. The van der Waals surface area contributed by atoms with Crippen molar-refractivity contribution in [2.75, 3.05) is 13.2 Å². The summed E-state index contributed by atoms with van der Waals surface area (Å²) in [5.41, 5.74) is -0.268. The van der Waals surface area contributed by atoms with Crippen molar-refractivity contribution < 1.29 is 17.9 Å². The van der Waals surface area contributed by atoms with Crippen LogP contribution in [0.1, 0.15) is 20.8 Å². The lowest BCUT2D eigenvalue weighted by atomic mass is 10.2. The number of nitrogens with zero attached hydrogens (tertiary/aromatic N) is 1. The summed E-state index contributed by atoms with van der Waals surface area (Å²) in [6, 6.07) is 2.83. The molecular formula is C11H18N2O4S. The summed E-state index contributed by atoms with van der Waals surface area (Å²) in [4.78, 5) is 3.72. The van der Waals surface area contributed by atoms with E-state index in [1.165, 1.54) is 18.3 Å². The minimum atomic E-state index is -3.83. The molecule has 0 aliphatic rings. The third-order valence-electron chi connectivity index (χ3n) is 1.90. The summed E-state index contributed by atoms with van der Waals surface area (Å²) in [6.07, 6.45) is 1.44. The zero-order valence-electron chi connectivity index (χ0n) is 10.7. The normalized spacial score (nSPS) is 12.4. The van der Waals surface area contributed by atoms with Gasteiger partial charge < -0.3 is 9.47 Å². The first-order valence-electron chi connectivity index (χ1n) is 5.45. The number of ether oxygens (including phenoxy) is 2. The molecule has 0 atom stereocenters. The summed E-state index contributed by atoms with van der Waals surface area (Å²) in [6.45, 7) is 6.30. The molecule has 102 valence electrons. The van der Waals surface area contributed by atoms with Gasteiger partial charge in [0.15, 0.2) is 0 Å². The zero-order chi connectivity index (χ0) is 13.8. The summed E-state index contributed by atoms with van der Waals surface area (Å²) in [7, 11) is -3.83. The van der Waals surface area contributed by atoms with E-state index in [0.29, 0.717) is 6.61 Å². The van der Waals surface area contributed by atoms with Gasteiger partial charge in [-0.2, -0.15) is 0 Å². The molecule has 0 aromatic carbocycles. The summed E-state index contributed by atoms with van der Waals surface area (Å²) in [5, 5.41) is 5.05. The van der Waals surface area contributed by atoms with Crippen molar-refractivity contribution >= 4 is 10.0 Å². The maximum absolute atomic E-state index is 11.3. The van der Waals surface area contributed by atoms with Gasteiger partial charge >= 0.3 is 0 Å². The molecule has 0 amide bonds. The minimum absolute atomic E-state index is 0.00231. The molecule has 0 saturated heterocycles. The standard InChI is InChI=1S/C11H18N2O4S/c1-11(2,3)17-8-7-16-10-9(18(12,14)15)5-4-6-13-10/h4-6H,7-8H2,1-3H3,(H2,12,14,15). The van der Waals surface area contributed by atoms with Crippen LogP contribution in [0.2, 0.25) is 0 Å². The quantitative estimate of drug-likeness (QED) is 0.806. The Kier molecular flexibility index (Phi) is 4.66. The molecule has 0 fully saturated rings. The van der Waals surface area contributed by atoms with Gasteiger partial charge in [0.25, 0.3) is 0 Å². The highest BCUT2D eigenvalue weighted by Gasteiger charge is 2.16. The maximum atomic E-state index is 11.3. The van der Waals surface area contributed by atoms with Crippen LogP contribution >= 0.6 is 0 Å². The number of sulfonamides is 1. The first kappa shape index (κ1) is 14.9. The van der Waals surface area contributed by atoms with Crippen molar-refractivity contribution in [1.82, 2.24) is 4.98 Å². The Labute approximate surface area is 107 Å². The van der Waals surface area contributed by atoms with Gasteiger partial charge in [-0.3, -0.25) is 0 Å². The molecule has 1 heterocycles. The van der Waals surface area contributed by atoms with Crippen LogP contribution in [0, 0.1) is 0 Å². The van der Waals surface area contributed by atoms with E-state index in [4.69, 9.17) is 14.6 Å². The fourth-order valence-electron chi connectivity index (χ4n) is 1.19. The van der Waals surface area contributed by atoms with Gasteiger partial charge in [-0.15, -0.1) is 0 Å². The lowest BCUT2D eigenvalue weighted by Crippen LogP contribution is -2.23. The fraction of sp³-hybridized carbons (Fsp3) is 0.545. The highest BCUT2D eigenvalue weighted by atomic mass is 32.2. The van der Waals surface area contributed by atoms with E-state index in [2.05, 4.69) is 4.98 Å². The number of pyridine rings is 1. The lowest BCUT2D eigenvalue weighted by molar-refractivity contribution is -0.0171. The third kappa shape index (κ3) is 4.99. The molecule has 18 heavy (non-hydrogen) atoms. The summed E-state index contributed by atoms with van der Waals surface area (Å²) >= 11 is 0. The number of rotatable bonds is 5. The van der Waals surface area contributed by atoms with Gasteiger partial charge in [0.05, 0.1) is 12.2 Å². The fourth-order valence-corrected chi connectivity index (χ4v) is 1.81. The SMILES string of the molecule is CC(C)(C)OCCOc1ncccc1S(N)(=O)=O. The molecule has 2 N–H and O–H groups in total. The molecule has 0 aliphatic carbocycles. The van der Waals surface area contributed by atoms with Crippen molar-refractivity contribution in [3.05, 3.63) is 18.3 Å². The van der Waals surface area contributed by atoms with Crippen molar-refractivity contribution in [3.8, 4) is 5.88 Å². The number of hydrogen-bond acceptors (Lipinski definition) is 5. The van der Waals surface area contributed by atoms with Crippen LogP contribution in [0.5, 0.6) is 5.88 Å². The minimum Gasteiger partial charge on any atom is -0.474 e. The average molecular weight is 274 g/mol. The van der Waals surface area contributed by atoms with Gasteiger partial charge in [0, 0.05) is 6.20 Å². The largest absolute Gasteiger partial charge is 0.474 e. The molecular weight excluding hydrogens is 256 g/mol. The van der Waals surface area contributed by atoms with Crippen LogP contribution in [0.4, 0.5) is 0 Å². The van der Waals surface area contributed by atoms with Crippen LogP contribution in [0.15, 0.2) is 23.2 Å². The highest BCUT2D eigenvalue weighted by molar-refractivity contribution is 7.89. The second-order valence-corrected chi connectivity index (χ2v) is 6.19. The first-order chi connectivity index (χ1) is 8.20. The first-order valence-corrected chi connectivity index (χ1v) is 6.99. The van der Waals surface area contributed by atoms with E-state index in [9.17, 15) is 8.42 Å². The van der Waals surface area contributed by atoms with Gasteiger partial charge in [0.1, 0.15) is 11.5 Å². The Balaban J connectivity index is 2.64. The number of aromatic nitrogens is 1. The predicted octanol–water partition coefficient (Wildman–Crippen LogP) is 0.923. The van der Waals surface area contributed by atoms with Crippen LogP contribution in [-0.4, -0.2) is 32.2 Å². The molecule has 0 aliphatic heterocycles. The van der Waals surface area contributed by atoms with E-state index in [1.54, 1.807) is 0 Å². The van der Waals surface area contributed by atoms with E-state index in [1.807, 2.05) is 20.8 Å². The summed E-state index contributed by atoms with van der Waals surface area (Å²) in [5.74, 6) is -0.00231. The second kappa shape index (κ2) is 5.64. The molecule has 1 aromatic rings. The molecule has 0 radical (unpaired) electrons. The predicted molar refractivity (Wildman–Crippen MR) is 66.8 cm³/mol. The molecule has 0 bridgehead atoms. The van der Waals surface area contributed by atoms with E-state index in [-0.39, 0.29) is 23.0 Å². The summed E-state index contributed by atoms with van der Waals surface area (Å²) < 4.78 is 33.3. The van der Waals surface area contributed by atoms with Crippen LogP contribution in [-0.2, 0) is 14.8 Å². The van der Waals surface area contributed by atoms with Crippen molar-refractivity contribution in [3.63, 3.8) is 0 Å². The van der Waals surface area contributed by atoms with Crippen LogP contribution in [0.3, 0.4) is 0 Å². The monoisotopic (exact) mass is 274 g/mol.